The summed E-state index contributed by atoms with van der Waals surface area (Å²) in [6.45, 7) is 4.10. The third-order valence-corrected chi connectivity index (χ3v) is 6.04. The predicted octanol–water partition coefficient (Wildman–Crippen LogP) is 4.29. The Bertz CT molecular complexity index is 998. The summed E-state index contributed by atoms with van der Waals surface area (Å²) in [4.78, 5) is 6.40. The Balaban J connectivity index is 1.24. The molecule has 3 aromatic rings. The first-order chi connectivity index (χ1) is 16.1. The van der Waals surface area contributed by atoms with Crippen LogP contribution >= 0.6 is 0 Å². The van der Waals surface area contributed by atoms with Crippen LogP contribution in [0.4, 0.5) is 4.39 Å². The van der Waals surface area contributed by atoms with E-state index in [1.165, 1.54) is 11.6 Å². The maximum absolute atomic E-state index is 13.8. The van der Waals surface area contributed by atoms with Gasteiger partial charge in [0.1, 0.15) is 12.4 Å². The summed E-state index contributed by atoms with van der Waals surface area (Å²) >= 11 is 0. The Labute approximate surface area is 194 Å². The van der Waals surface area contributed by atoms with Gasteiger partial charge in [0.2, 0.25) is 0 Å². The summed E-state index contributed by atoms with van der Waals surface area (Å²) in [7, 11) is 0. The molecular formula is C26H32FN3O3. The number of rotatable bonds is 10. The fraction of sp³-hybridized carbons (Fsp3) is 0.423. The van der Waals surface area contributed by atoms with Crippen LogP contribution in [0.1, 0.15) is 31.2 Å². The fourth-order valence-corrected chi connectivity index (χ4v) is 4.16. The SMILES string of the molecule is O[C@@]1(COc2ccccc2F)CCCN(Cc2cccc(OCCCn3ccnc3)c2)CC1. The summed E-state index contributed by atoms with van der Waals surface area (Å²) < 4.78 is 27.4. The molecule has 0 unspecified atom stereocenters. The molecule has 176 valence electrons. The lowest BCUT2D eigenvalue weighted by Crippen LogP contribution is -2.37. The second kappa shape index (κ2) is 11.3. The highest BCUT2D eigenvalue weighted by Gasteiger charge is 2.31. The molecule has 1 aromatic heterocycles. The first kappa shape index (κ1) is 23.3. The van der Waals surface area contributed by atoms with E-state index in [1.807, 2.05) is 29.2 Å². The first-order valence-corrected chi connectivity index (χ1v) is 11.6. The van der Waals surface area contributed by atoms with Crippen LogP contribution in [0.2, 0.25) is 0 Å². The van der Waals surface area contributed by atoms with Gasteiger partial charge in [-0.05, 0) is 62.1 Å². The van der Waals surface area contributed by atoms with Gasteiger partial charge in [-0.3, -0.25) is 4.90 Å². The average Bonchev–Trinajstić information content (AvgIpc) is 3.27. The number of hydrogen-bond acceptors (Lipinski definition) is 5. The first-order valence-electron chi connectivity index (χ1n) is 11.6. The number of nitrogens with zero attached hydrogens (tertiary/aromatic N) is 3. The molecule has 1 atom stereocenters. The van der Waals surface area contributed by atoms with Crippen LogP contribution in [0, 0.1) is 5.82 Å². The van der Waals surface area contributed by atoms with Gasteiger partial charge in [-0.1, -0.05) is 24.3 Å². The van der Waals surface area contributed by atoms with Gasteiger partial charge in [0.05, 0.1) is 18.5 Å². The molecule has 0 amide bonds. The zero-order valence-corrected chi connectivity index (χ0v) is 18.9. The number of aromatic nitrogens is 2. The molecule has 0 radical (unpaired) electrons. The van der Waals surface area contributed by atoms with E-state index in [-0.39, 0.29) is 12.4 Å². The summed E-state index contributed by atoms with van der Waals surface area (Å²) in [5.41, 5.74) is 0.243. The third-order valence-electron chi connectivity index (χ3n) is 6.04. The van der Waals surface area contributed by atoms with E-state index in [0.717, 1.165) is 44.8 Å². The molecule has 1 fully saturated rings. The van der Waals surface area contributed by atoms with Gasteiger partial charge in [0, 0.05) is 32.0 Å². The minimum absolute atomic E-state index is 0.101. The monoisotopic (exact) mass is 453 g/mol. The Kier molecular flexibility index (Phi) is 7.96. The molecule has 7 heteroatoms. The van der Waals surface area contributed by atoms with Crippen molar-refractivity contribution in [2.24, 2.45) is 0 Å². The van der Waals surface area contributed by atoms with Crippen LogP contribution in [0.3, 0.4) is 0 Å². The second-order valence-corrected chi connectivity index (χ2v) is 8.72. The summed E-state index contributed by atoms with van der Waals surface area (Å²) in [5.74, 6) is 0.664. The smallest absolute Gasteiger partial charge is 0.165 e. The number of halogens is 1. The van der Waals surface area contributed by atoms with Crippen molar-refractivity contribution in [3.05, 3.63) is 78.6 Å². The van der Waals surface area contributed by atoms with Crippen molar-refractivity contribution in [1.29, 1.82) is 0 Å². The van der Waals surface area contributed by atoms with Crippen LogP contribution in [-0.4, -0.2) is 51.5 Å². The Hall–Kier alpha value is -2.90. The van der Waals surface area contributed by atoms with E-state index in [9.17, 15) is 9.50 Å². The Morgan fingerprint density at radius 3 is 2.82 bits per heavy atom. The lowest BCUT2D eigenvalue weighted by molar-refractivity contribution is -0.0177. The average molecular weight is 454 g/mol. The van der Waals surface area contributed by atoms with Crippen molar-refractivity contribution >= 4 is 0 Å². The number of aliphatic hydroxyl groups is 1. The topological polar surface area (TPSA) is 59.8 Å². The molecule has 4 rings (SSSR count). The predicted molar refractivity (Wildman–Crippen MR) is 125 cm³/mol. The Morgan fingerprint density at radius 2 is 1.97 bits per heavy atom. The molecule has 6 nitrogen and oxygen atoms in total. The third kappa shape index (κ3) is 7.04. The maximum Gasteiger partial charge on any atom is 0.165 e. The molecule has 1 aliphatic rings. The molecule has 0 saturated carbocycles. The summed E-state index contributed by atoms with van der Waals surface area (Å²) in [6.07, 6.45) is 8.56. The highest BCUT2D eigenvalue weighted by Crippen LogP contribution is 2.26. The number of benzene rings is 2. The molecule has 1 aliphatic heterocycles. The van der Waals surface area contributed by atoms with E-state index in [4.69, 9.17) is 9.47 Å². The van der Waals surface area contributed by atoms with Crippen molar-refractivity contribution in [1.82, 2.24) is 14.5 Å². The van der Waals surface area contributed by atoms with Crippen molar-refractivity contribution in [2.45, 2.75) is 44.4 Å². The molecule has 0 aliphatic carbocycles. The normalized spacial score (nSPS) is 19.2. The highest BCUT2D eigenvalue weighted by molar-refractivity contribution is 5.28. The molecule has 1 N–H and O–H groups in total. The number of hydrogen-bond donors (Lipinski definition) is 1. The van der Waals surface area contributed by atoms with Crippen molar-refractivity contribution in [2.75, 3.05) is 26.3 Å². The molecule has 33 heavy (non-hydrogen) atoms. The van der Waals surface area contributed by atoms with E-state index < -0.39 is 11.4 Å². The minimum Gasteiger partial charge on any atom is -0.494 e. The van der Waals surface area contributed by atoms with Crippen molar-refractivity contribution in [3.8, 4) is 11.5 Å². The van der Waals surface area contributed by atoms with Crippen LogP contribution in [0.5, 0.6) is 11.5 Å². The van der Waals surface area contributed by atoms with Crippen molar-refractivity contribution < 1.29 is 19.0 Å². The molecule has 0 spiro atoms. The number of ether oxygens (including phenoxy) is 2. The van der Waals surface area contributed by atoms with Gasteiger partial charge in [-0.15, -0.1) is 0 Å². The largest absolute Gasteiger partial charge is 0.494 e. The van der Waals surface area contributed by atoms with Crippen LogP contribution in [-0.2, 0) is 13.1 Å². The maximum atomic E-state index is 13.8. The summed E-state index contributed by atoms with van der Waals surface area (Å²) in [5, 5.41) is 11.0. The molecule has 0 bridgehead atoms. The van der Waals surface area contributed by atoms with Gasteiger partial charge in [0.25, 0.3) is 0 Å². The second-order valence-electron chi connectivity index (χ2n) is 8.72. The van der Waals surface area contributed by atoms with Gasteiger partial charge in [-0.2, -0.15) is 0 Å². The van der Waals surface area contributed by atoms with Gasteiger partial charge >= 0.3 is 0 Å². The Morgan fingerprint density at radius 1 is 1.06 bits per heavy atom. The molecule has 2 aromatic carbocycles. The fourth-order valence-electron chi connectivity index (χ4n) is 4.16. The van der Waals surface area contributed by atoms with Crippen LogP contribution in [0.25, 0.3) is 0 Å². The lowest BCUT2D eigenvalue weighted by Gasteiger charge is -2.27. The van der Waals surface area contributed by atoms with Crippen LogP contribution in [0.15, 0.2) is 67.3 Å². The number of para-hydroxylation sites is 1. The zero-order chi connectivity index (χ0) is 22.9. The van der Waals surface area contributed by atoms with E-state index in [2.05, 4.69) is 22.0 Å². The zero-order valence-electron chi connectivity index (χ0n) is 18.9. The van der Waals surface area contributed by atoms with Gasteiger partial charge in [-0.25, -0.2) is 9.37 Å². The van der Waals surface area contributed by atoms with Crippen LogP contribution < -0.4 is 9.47 Å². The van der Waals surface area contributed by atoms with Gasteiger partial charge < -0.3 is 19.1 Å². The summed E-state index contributed by atoms with van der Waals surface area (Å²) in [6, 6.07) is 14.5. The number of likely N-dealkylation sites (tertiary alicyclic amines) is 1. The standard InChI is InChI=1S/C26H32FN3O3/c27-24-8-1-2-9-25(24)33-20-26(31)10-4-13-29(15-11-26)19-22-6-3-7-23(18-22)32-17-5-14-30-16-12-28-21-30/h1-3,6-9,12,16,18,21,31H,4-5,10-11,13-15,17,19-20H2/t26-/m0/s1. The van der Waals surface area contributed by atoms with E-state index in [1.54, 1.807) is 24.4 Å². The lowest BCUT2D eigenvalue weighted by atomic mass is 9.96. The molecular weight excluding hydrogens is 421 g/mol. The number of imidazole rings is 1. The molecule has 2 heterocycles. The van der Waals surface area contributed by atoms with Gasteiger partial charge in [0.15, 0.2) is 11.6 Å². The van der Waals surface area contributed by atoms with E-state index in [0.29, 0.717) is 19.4 Å². The van der Waals surface area contributed by atoms with E-state index >= 15 is 0 Å². The highest BCUT2D eigenvalue weighted by atomic mass is 19.1. The minimum atomic E-state index is -0.947. The van der Waals surface area contributed by atoms with Crippen molar-refractivity contribution in [3.63, 3.8) is 0 Å². The number of aryl methyl sites for hydroxylation is 1. The quantitative estimate of drug-likeness (QED) is 0.464. The molecule has 1 saturated heterocycles.